The zero-order chi connectivity index (χ0) is 30.5. The van der Waals surface area contributed by atoms with Crippen LogP contribution in [0, 0.1) is 6.92 Å². The van der Waals surface area contributed by atoms with Gasteiger partial charge in [0.25, 0.3) is 5.56 Å². The van der Waals surface area contributed by atoms with Crippen molar-refractivity contribution in [3.63, 3.8) is 0 Å². The first kappa shape index (κ1) is 28.8. The Balaban J connectivity index is 1.10. The van der Waals surface area contributed by atoms with Crippen molar-refractivity contribution in [2.24, 2.45) is 0 Å². The Hall–Kier alpha value is -3.99. The van der Waals surface area contributed by atoms with E-state index in [2.05, 4.69) is 26.2 Å². The molecule has 3 aromatic rings. The quantitative estimate of drug-likeness (QED) is 0.434. The number of hydrogen-bond acceptors (Lipinski definition) is 9. The number of benzene rings is 1. The highest BCUT2D eigenvalue weighted by Gasteiger charge is 2.36. The van der Waals surface area contributed by atoms with Crippen LogP contribution in [0.3, 0.4) is 0 Å². The summed E-state index contributed by atoms with van der Waals surface area (Å²) >= 11 is 0. The van der Waals surface area contributed by atoms with Crippen LogP contribution in [0.1, 0.15) is 74.3 Å². The first-order chi connectivity index (χ1) is 21.3. The van der Waals surface area contributed by atoms with Crippen LogP contribution in [0.15, 0.2) is 29.2 Å². The van der Waals surface area contributed by atoms with Gasteiger partial charge in [-0.05, 0) is 57.2 Å². The number of piperidine rings is 1. The fourth-order valence-corrected chi connectivity index (χ4v) is 7.79. The summed E-state index contributed by atoms with van der Waals surface area (Å²) in [6.45, 7) is 10.1. The summed E-state index contributed by atoms with van der Waals surface area (Å²) in [6.07, 6.45) is 7.71. The Kier molecular flexibility index (Phi) is 7.52. The summed E-state index contributed by atoms with van der Waals surface area (Å²) in [5, 5.41) is 4.07. The number of nitrogens with one attached hydrogen (secondary N) is 1. The monoisotopic (exact) mass is 599 g/mol. The van der Waals surface area contributed by atoms with E-state index in [1.165, 1.54) is 6.92 Å². The van der Waals surface area contributed by atoms with Crippen molar-refractivity contribution in [1.82, 2.24) is 24.3 Å². The number of aryl methyl sites for hydroxylation is 1. The normalized spacial score (nSPS) is 21.2. The molecule has 4 aliphatic rings. The summed E-state index contributed by atoms with van der Waals surface area (Å²) in [5.41, 5.74) is 3.10. The molecule has 0 spiro atoms. The Morgan fingerprint density at radius 3 is 2.48 bits per heavy atom. The number of carbonyl (C=O) groups is 2. The number of anilines is 3. The number of hydrogen-bond donors (Lipinski definition) is 1. The fourth-order valence-electron chi connectivity index (χ4n) is 7.79. The van der Waals surface area contributed by atoms with Crippen molar-refractivity contribution in [2.45, 2.75) is 77.4 Å². The van der Waals surface area contributed by atoms with E-state index in [9.17, 15) is 14.4 Å². The molecule has 5 heterocycles. The van der Waals surface area contributed by atoms with Gasteiger partial charge in [0.2, 0.25) is 11.9 Å². The molecule has 11 heteroatoms. The zero-order valence-corrected chi connectivity index (χ0v) is 25.8. The number of piperazine rings is 1. The average molecular weight is 600 g/mol. The molecule has 7 rings (SSSR count). The van der Waals surface area contributed by atoms with Gasteiger partial charge >= 0.3 is 0 Å². The highest BCUT2D eigenvalue weighted by atomic mass is 16.5. The van der Waals surface area contributed by atoms with Crippen LogP contribution in [-0.4, -0.2) is 87.4 Å². The molecule has 1 aliphatic carbocycles. The molecule has 3 fully saturated rings. The van der Waals surface area contributed by atoms with Gasteiger partial charge in [-0.1, -0.05) is 12.8 Å². The van der Waals surface area contributed by atoms with Crippen molar-refractivity contribution < 1.29 is 14.3 Å². The molecule has 2 saturated heterocycles. The fraction of sp³-hybridized carbons (Fsp3) is 0.545. The Morgan fingerprint density at radius 2 is 1.75 bits per heavy atom. The SMILES string of the molecule is CC(=O)c1c(C)c2cnc(Nc3ccc4c(c3)OC[C@H]3CN(C5CCN(C(C)=O)CC5)CCN43)nc2n(C2CCCC2)c1=O. The number of amides is 1. The summed E-state index contributed by atoms with van der Waals surface area (Å²) in [7, 11) is 0. The van der Waals surface area contributed by atoms with Crippen molar-refractivity contribution in [2.75, 3.05) is 49.5 Å². The number of carbonyl (C=O) groups excluding carboxylic acids is 2. The Bertz CT molecular complexity index is 1670. The van der Waals surface area contributed by atoms with Gasteiger partial charge < -0.3 is 19.9 Å². The minimum absolute atomic E-state index is 0.0327. The molecule has 2 aromatic heterocycles. The lowest BCUT2D eigenvalue weighted by atomic mass is 9.99. The van der Waals surface area contributed by atoms with E-state index in [4.69, 9.17) is 9.72 Å². The second kappa shape index (κ2) is 11.5. The number of fused-ring (bicyclic) bond motifs is 4. The van der Waals surface area contributed by atoms with E-state index < -0.39 is 0 Å². The van der Waals surface area contributed by atoms with Crippen LogP contribution in [0.2, 0.25) is 0 Å². The smallest absolute Gasteiger partial charge is 0.263 e. The van der Waals surface area contributed by atoms with Crippen LogP contribution in [-0.2, 0) is 4.79 Å². The summed E-state index contributed by atoms with van der Waals surface area (Å²) in [4.78, 5) is 54.1. The third-order valence-electron chi connectivity index (χ3n) is 10.1. The Labute approximate surface area is 257 Å². The number of rotatable bonds is 5. The van der Waals surface area contributed by atoms with Crippen molar-refractivity contribution in [1.29, 1.82) is 0 Å². The zero-order valence-electron chi connectivity index (χ0n) is 25.8. The first-order valence-electron chi connectivity index (χ1n) is 16.0. The maximum Gasteiger partial charge on any atom is 0.263 e. The van der Waals surface area contributed by atoms with Gasteiger partial charge in [-0.15, -0.1) is 0 Å². The van der Waals surface area contributed by atoms with E-state index in [0.29, 0.717) is 35.8 Å². The largest absolute Gasteiger partial charge is 0.489 e. The average Bonchev–Trinajstić information content (AvgIpc) is 3.55. The van der Waals surface area contributed by atoms with Crippen LogP contribution in [0.4, 0.5) is 17.3 Å². The van der Waals surface area contributed by atoms with Gasteiger partial charge in [0, 0.05) is 75.1 Å². The molecular formula is C33H41N7O4. The number of ether oxygens (including phenoxy) is 1. The molecule has 1 atom stereocenters. The van der Waals surface area contributed by atoms with E-state index in [1.54, 1.807) is 24.6 Å². The molecule has 3 aliphatic heterocycles. The number of likely N-dealkylation sites (tertiary alicyclic amines) is 1. The second-order valence-electron chi connectivity index (χ2n) is 12.8. The van der Waals surface area contributed by atoms with Gasteiger partial charge in [0.15, 0.2) is 5.78 Å². The van der Waals surface area contributed by atoms with Gasteiger partial charge in [0.1, 0.15) is 18.0 Å². The van der Waals surface area contributed by atoms with Crippen LogP contribution < -0.4 is 20.5 Å². The molecule has 1 saturated carbocycles. The highest BCUT2D eigenvalue weighted by Crippen LogP contribution is 2.39. The highest BCUT2D eigenvalue weighted by molar-refractivity contribution is 5.99. The third kappa shape index (κ3) is 5.10. The molecule has 1 aromatic carbocycles. The van der Waals surface area contributed by atoms with E-state index in [1.807, 2.05) is 17.0 Å². The van der Waals surface area contributed by atoms with Crippen LogP contribution in [0.25, 0.3) is 11.0 Å². The predicted molar refractivity (Wildman–Crippen MR) is 169 cm³/mol. The van der Waals surface area contributed by atoms with E-state index in [0.717, 1.165) is 93.8 Å². The Morgan fingerprint density at radius 1 is 0.977 bits per heavy atom. The van der Waals surface area contributed by atoms with E-state index >= 15 is 0 Å². The van der Waals surface area contributed by atoms with Gasteiger partial charge in [0.05, 0.1) is 17.3 Å². The van der Waals surface area contributed by atoms with Crippen LogP contribution >= 0.6 is 0 Å². The molecule has 1 N–H and O–H groups in total. The predicted octanol–water partition coefficient (Wildman–Crippen LogP) is 4.06. The lowest BCUT2D eigenvalue weighted by molar-refractivity contribution is -0.130. The van der Waals surface area contributed by atoms with Crippen molar-refractivity contribution >= 4 is 40.0 Å². The van der Waals surface area contributed by atoms with Crippen molar-refractivity contribution in [3.05, 3.63) is 45.9 Å². The molecule has 0 bridgehead atoms. The van der Waals surface area contributed by atoms with Gasteiger partial charge in [-0.25, -0.2) is 4.98 Å². The van der Waals surface area contributed by atoms with Gasteiger partial charge in [-0.3, -0.25) is 23.9 Å². The minimum atomic E-state index is -0.252. The van der Waals surface area contributed by atoms with Crippen LogP contribution in [0.5, 0.6) is 5.75 Å². The lowest BCUT2D eigenvalue weighted by Crippen LogP contribution is -2.60. The molecule has 44 heavy (non-hydrogen) atoms. The molecule has 232 valence electrons. The second-order valence-corrected chi connectivity index (χ2v) is 12.8. The summed E-state index contributed by atoms with van der Waals surface area (Å²) in [5.74, 6) is 1.18. The number of nitrogens with zero attached hydrogens (tertiary/aromatic N) is 6. The number of ketones is 1. The first-order valence-corrected chi connectivity index (χ1v) is 16.0. The topological polar surface area (TPSA) is 113 Å². The molecule has 11 nitrogen and oxygen atoms in total. The number of aromatic nitrogens is 3. The maximum absolute atomic E-state index is 13.5. The molecular weight excluding hydrogens is 558 g/mol. The molecule has 0 radical (unpaired) electrons. The van der Waals surface area contributed by atoms with Crippen molar-refractivity contribution in [3.8, 4) is 5.75 Å². The standard InChI is InChI=1S/C33H41N7O4/c1-20-27-17-34-33(36-31(27)40(25-6-4-5-7-25)32(43)30(20)21(2)41)35-23-8-9-28-29(16-23)44-19-26-18-38(14-15-39(26)28)24-10-12-37(13-11-24)22(3)42/h8-9,16-17,24-26H,4-7,10-15,18-19H2,1-3H3,(H,34,35,36)/t26-/m1/s1. The number of Topliss-reactive ketones (excluding diaryl/α,β-unsaturated/α-hetero) is 1. The molecule has 1 amide bonds. The minimum Gasteiger partial charge on any atom is -0.489 e. The van der Waals surface area contributed by atoms with E-state index in [-0.39, 0.29) is 28.9 Å². The third-order valence-corrected chi connectivity index (χ3v) is 10.1. The number of pyridine rings is 1. The molecule has 0 unspecified atom stereocenters. The maximum atomic E-state index is 13.5. The summed E-state index contributed by atoms with van der Waals surface area (Å²) in [6, 6.07) is 6.97. The lowest BCUT2D eigenvalue weighted by Gasteiger charge is -2.49. The van der Waals surface area contributed by atoms with Gasteiger partial charge in [-0.2, -0.15) is 4.98 Å². The summed E-state index contributed by atoms with van der Waals surface area (Å²) < 4.78 is 8.04.